The lowest BCUT2D eigenvalue weighted by atomic mass is 10.0. The highest BCUT2D eigenvalue weighted by Gasteiger charge is 2.27. The molecule has 1 aliphatic rings. The maximum Gasteiger partial charge on any atom is 0.273 e. The number of nitrogens with one attached hydrogen (secondary N) is 1. The van der Waals surface area contributed by atoms with Crippen LogP contribution in [0.3, 0.4) is 0 Å². The number of nitro groups is 1. The number of carbonyl (C=O) groups excluding carboxylic acids is 1. The Kier molecular flexibility index (Phi) is 4.04. The lowest BCUT2D eigenvalue weighted by Gasteiger charge is -2.36. The number of amides is 1. The summed E-state index contributed by atoms with van der Waals surface area (Å²) in [5.74, 6) is -0.133. The fourth-order valence-electron chi connectivity index (χ4n) is 2.72. The highest BCUT2D eigenvalue weighted by Crippen LogP contribution is 2.23. The summed E-state index contributed by atoms with van der Waals surface area (Å²) >= 11 is 0. The first-order valence-electron chi connectivity index (χ1n) is 6.69. The number of benzene rings is 1. The minimum atomic E-state index is -0.449. The summed E-state index contributed by atoms with van der Waals surface area (Å²) in [6.07, 6.45) is 0. The van der Waals surface area contributed by atoms with Crippen LogP contribution in [0.5, 0.6) is 0 Å². The molecule has 2 atom stereocenters. The van der Waals surface area contributed by atoms with Crippen molar-refractivity contribution in [3.05, 3.63) is 39.4 Å². The van der Waals surface area contributed by atoms with E-state index >= 15 is 0 Å². The van der Waals surface area contributed by atoms with E-state index < -0.39 is 4.92 Å². The zero-order valence-electron chi connectivity index (χ0n) is 11.9. The summed E-state index contributed by atoms with van der Waals surface area (Å²) < 4.78 is 0. The first kappa shape index (κ1) is 14.5. The third-order valence-electron chi connectivity index (χ3n) is 3.58. The Morgan fingerprint density at radius 1 is 1.35 bits per heavy atom. The molecule has 1 aromatic rings. The van der Waals surface area contributed by atoms with Gasteiger partial charge in [0.05, 0.1) is 4.92 Å². The van der Waals surface area contributed by atoms with Crippen LogP contribution in [-0.4, -0.2) is 40.9 Å². The predicted molar refractivity (Wildman–Crippen MR) is 75.8 cm³/mol. The van der Waals surface area contributed by atoms with Crippen molar-refractivity contribution in [3.8, 4) is 0 Å². The summed E-state index contributed by atoms with van der Waals surface area (Å²) in [6, 6.07) is 5.09. The van der Waals surface area contributed by atoms with E-state index in [1.54, 1.807) is 24.0 Å². The summed E-state index contributed by atoms with van der Waals surface area (Å²) in [6.45, 7) is 6.91. The third-order valence-corrected chi connectivity index (χ3v) is 3.58. The Balaban J connectivity index is 2.29. The van der Waals surface area contributed by atoms with Crippen LogP contribution in [0.4, 0.5) is 5.69 Å². The van der Waals surface area contributed by atoms with Gasteiger partial charge in [-0.1, -0.05) is 6.07 Å². The topological polar surface area (TPSA) is 75.5 Å². The maximum absolute atomic E-state index is 12.6. The van der Waals surface area contributed by atoms with Gasteiger partial charge in [0.25, 0.3) is 11.6 Å². The average Bonchev–Trinajstić information content (AvgIpc) is 2.36. The van der Waals surface area contributed by atoms with Crippen molar-refractivity contribution in [3.63, 3.8) is 0 Å². The van der Waals surface area contributed by atoms with E-state index in [1.807, 2.05) is 13.8 Å². The molecule has 1 heterocycles. The number of hydrogen-bond donors (Lipinski definition) is 1. The Morgan fingerprint density at radius 2 is 1.95 bits per heavy atom. The van der Waals surface area contributed by atoms with Gasteiger partial charge in [-0.3, -0.25) is 14.9 Å². The predicted octanol–water partition coefficient (Wildman–Crippen LogP) is 1.73. The Bertz CT molecular complexity index is 534. The molecule has 0 aromatic heterocycles. The van der Waals surface area contributed by atoms with Crippen LogP contribution < -0.4 is 5.32 Å². The lowest BCUT2D eigenvalue weighted by molar-refractivity contribution is -0.385. The van der Waals surface area contributed by atoms with Crippen LogP contribution in [-0.2, 0) is 0 Å². The Hall–Kier alpha value is -1.95. The van der Waals surface area contributed by atoms with Gasteiger partial charge < -0.3 is 10.2 Å². The first-order valence-corrected chi connectivity index (χ1v) is 6.69. The van der Waals surface area contributed by atoms with Gasteiger partial charge in [0.15, 0.2) is 0 Å². The molecule has 2 rings (SSSR count). The standard InChI is InChI=1S/C14H19N3O3/c1-9-7-16(8-10(2)15-9)14(18)12-5-4-6-13(11(12)3)17(19)20/h4-6,9-10,15H,7-8H2,1-3H3. The molecule has 0 spiro atoms. The fourth-order valence-corrected chi connectivity index (χ4v) is 2.72. The maximum atomic E-state index is 12.6. The van der Waals surface area contributed by atoms with E-state index in [4.69, 9.17) is 0 Å². The molecule has 6 heteroatoms. The Morgan fingerprint density at radius 3 is 2.50 bits per heavy atom. The van der Waals surface area contributed by atoms with Crippen LogP contribution in [0, 0.1) is 17.0 Å². The van der Waals surface area contributed by atoms with Crippen molar-refractivity contribution in [1.29, 1.82) is 0 Å². The van der Waals surface area contributed by atoms with Gasteiger partial charge in [-0.05, 0) is 26.8 Å². The molecule has 2 unspecified atom stereocenters. The SMILES string of the molecule is Cc1c(C(=O)N2CC(C)NC(C)C2)cccc1[N+](=O)[O-]. The molecule has 6 nitrogen and oxygen atoms in total. The van der Waals surface area contributed by atoms with E-state index in [0.29, 0.717) is 24.2 Å². The van der Waals surface area contributed by atoms with E-state index in [2.05, 4.69) is 5.32 Å². The quantitative estimate of drug-likeness (QED) is 0.659. The van der Waals surface area contributed by atoms with Crippen molar-refractivity contribution in [2.75, 3.05) is 13.1 Å². The normalized spacial score (nSPS) is 22.6. The molecule has 0 bridgehead atoms. The molecular formula is C14H19N3O3. The van der Waals surface area contributed by atoms with Crippen LogP contribution >= 0.6 is 0 Å². The second kappa shape index (κ2) is 5.58. The number of nitrogens with zero attached hydrogens (tertiary/aromatic N) is 2. The molecule has 0 radical (unpaired) electrons. The molecule has 1 fully saturated rings. The first-order chi connectivity index (χ1) is 9.40. The minimum absolute atomic E-state index is 0.00733. The third kappa shape index (κ3) is 2.80. The molecule has 1 N–H and O–H groups in total. The molecule has 20 heavy (non-hydrogen) atoms. The summed E-state index contributed by atoms with van der Waals surface area (Å²) in [5, 5.41) is 14.3. The fraction of sp³-hybridized carbons (Fsp3) is 0.500. The smallest absolute Gasteiger partial charge is 0.273 e. The molecular weight excluding hydrogens is 258 g/mol. The molecule has 0 saturated carbocycles. The zero-order valence-corrected chi connectivity index (χ0v) is 11.9. The van der Waals surface area contributed by atoms with Gasteiger partial charge in [0.2, 0.25) is 0 Å². The number of hydrogen-bond acceptors (Lipinski definition) is 4. The van der Waals surface area contributed by atoms with Gasteiger partial charge in [0.1, 0.15) is 0 Å². The number of nitro benzene ring substituents is 1. The number of rotatable bonds is 2. The second-order valence-electron chi connectivity index (χ2n) is 5.39. The van der Waals surface area contributed by atoms with Gasteiger partial charge in [0, 0.05) is 42.4 Å². The lowest BCUT2D eigenvalue weighted by Crippen LogP contribution is -2.55. The van der Waals surface area contributed by atoms with Gasteiger partial charge in [-0.25, -0.2) is 0 Å². The zero-order chi connectivity index (χ0) is 14.9. The van der Waals surface area contributed by atoms with E-state index in [-0.39, 0.29) is 23.7 Å². The second-order valence-corrected chi connectivity index (χ2v) is 5.39. The van der Waals surface area contributed by atoms with Crippen LogP contribution in [0.2, 0.25) is 0 Å². The monoisotopic (exact) mass is 277 g/mol. The summed E-state index contributed by atoms with van der Waals surface area (Å²) in [4.78, 5) is 24.8. The number of carbonyl (C=O) groups is 1. The molecule has 1 aromatic carbocycles. The minimum Gasteiger partial charge on any atom is -0.336 e. The average molecular weight is 277 g/mol. The van der Waals surface area contributed by atoms with Crippen LogP contribution in [0.25, 0.3) is 0 Å². The van der Waals surface area contributed by atoms with Gasteiger partial charge >= 0.3 is 0 Å². The van der Waals surface area contributed by atoms with Crippen molar-refractivity contribution in [2.45, 2.75) is 32.9 Å². The summed E-state index contributed by atoms with van der Waals surface area (Å²) in [5.41, 5.74) is 0.842. The molecule has 108 valence electrons. The van der Waals surface area contributed by atoms with Gasteiger partial charge in [-0.15, -0.1) is 0 Å². The summed E-state index contributed by atoms with van der Waals surface area (Å²) in [7, 11) is 0. The molecule has 0 aliphatic carbocycles. The van der Waals surface area contributed by atoms with E-state index in [9.17, 15) is 14.9 Å². The highest BCUT2D eigenvalue weighted by atomic mass is 16.6. The largest absolute Gasteiger partial charge is 0.336 e. The van der Waals surface area contributed by atoms with Gasteiger partial charge in [-0.2, -0.15) is 0 Å². The Labute approximate surface area is 117 Å². The highest BCUT2D eigenvalue weighted by molar-refractivity contribution is 5.96. The van der Waals surface area contributed by atoms with E-state index in [1.165, 1.54) is 6.07 Å². The van der Waals surface area contributed by atoms with Crippen molar-refractivity contribution >= 4 is 11.6 Å². The van der Waals surface area contributed by atoms with Crippen LogP contribution in [0.1, 0.15) is 29.8 Å². The van der Waals surface area contributed by atoms with Crippen molar-refractivity contribution in [2.24, 2.45) is 0 Å². The van der Waals surface area contributed by atoms with E-state index in [0.717, 1.165) is 0 Å². The van der Waals surface area contributed by atoms with Crippen LogP contribution in [0.15, 0.2) is 18.2 Å². The molecule has 1 saturated heterocycles. The van der Waals surface area contributed by atoms with Crippen molar-refractivity contribution in [1.82, 2.24) is 10.2 Å². The molecule has 1 amide bonds. The molecule has 1 aliphatic heterocycles. The number of piperazine rings is 1. The van der Waals surface area contributed by atoms with Crippen molar-refractivity contribution < 1.29 is 9.72 Å².